The van der Waals surface area contributed by atoms with Gasteiger partial charge in [-0.25, -0.2) is 8.42 Å². The number of carbonyl (C=O) groups excluding carboxylic acids is 2. The number of sulfonamides is 1. The number of piperidine rings is 1. The average molecular weight is 410 g/mol. The number of nitrogens with zero attached hydrogens (tertiary/aromatic N) is 1. The third-order valence-corrected chi connectivity index (χ3v) is 7.06. The van der Waals surface area contributed by atoms with Crippen LogP contribution in [0.4, 0.5) is 5.69 Å². The van der Waals surface area contributed by atoms with Crippen molar-refractivity contribution in [1.29, 1.82) is 0 Å². The highest BCUT2D eigenvalue weighted by molar-refractivity contribution is 7.89. The lowest BCUT2D eigenvalue weighted by atomic mass is 10.2. The maximum absolute atomic E-state index is 13.0. The number of esters is 1. The van der Waals surface area contributed by atoms with E-state index in [0.29, 0.717) is 24.7 Å². The van der Waals surface area contributed by atoms with Crippen molar-refractivity contribution in [3.05, 3.63) is 18.2 Å². The van der Waals surface area contributed by atoms with Crippen LogP contribution in [-0.4, -0.2) is 51.4 Å². The Kier molecular flexibility index (Phi) is 6.24. The van der Waals surface area contributed by atoms with Gasteiger partial charge in [0.2, 0.25) is 10.0 Å². The molecule has 1 aromatic carbocycles. The van der Waals surface area contributed by atoms with Crippen LogP contribution in [0.1, 0.15) is 32.6 Å². The number of benzene rings is 1. The van der Waals surface area contributed by atoms with Crippen LogP contribution in [0, 0.1) is 11.8 Å². The Morgan fingerprint density at radius 3 is 2.50 bits per heavy atom. The first kappa shape index (κ1) is 20.6. The predicted octanol–water partition coefficient (Wildman–Crippen LogP) is 2.01. The molecule has 1 saturated heterocycles. The van der Waals surface area contributed by atoms with Gasteiger partial charge in [0, 0.05) is 18.8 Å². The Morgan fingerprint density at radius 1 is 1.21 bits per heavy atom. The van der Waals surface area contributed by atoms with Crippen LogP contribution in [-0.2, 0) is 24.3 Å². The summed E-state index contributed by atoms with van der Waals surface area (Å²) in [4.78, 5) is 23.8. The zero-order valence-corrected chi connectivity index (χ0v) is 17.0. The molecule has 0 unspecified atom stereocenters. The fourth-order valence-corrected chi connectivity index (χ4v) is 4.99. The molecule has 1 heterocycles. The van der Waals surface area contributed by atoms with Gasteiger partial charge in [0.05, 0.1) is 13.0 Å². The maximum Gasteiger partial charge on any atom is 0.309 e. The summed E-state index contributed by atoms with van der Waals surface area (Å²) in [6.07, 6.45) is 3.44. The molecular formula is C19H26N2O6S. The maximum atomic E-state index is 13.0. The minimum Gasteiger partial charge on any atom is -0.495 e. The molecule has 1 aromatic rings. The monoisotopic (exact) mass is 410 g/mol. The molecule has 2 atom stereocenters. The molecule has 1 N–H and O–H groups in total. The number of nitrogens with one attached hydrogen (secondary N) is 1. The number of hydrogen-bond acceptors (Lipinski definition) is 6. The van der Waals surface area contributed by atoms with Gasteiger partial charge in [0.25, 0.3) is 5.91 Å². The Hall–Kier alpha value is -2.13. The second-order valence-corrected chi connectivity index (χ2v) is 9.21. The van der Waals surface area contributed by atoms with Crippen LogP contribution >= 0.6 is 0 Å². The lowest BCUT2D eigenvalue weighted by Gasteiger charge is -2.26. The Bertz CT molecular complexity index is 848. The van der Waals surface area contributed by atoms with Gasteiger partial charge >= 0.3 is 5.97 Å². The van der Waals surface area contributed by atoms with Crippen LogP contribution in [0.2, 0.25) is 0 Å². The van der Waals surface area contributed by atoms with E-state index in [2.05, 4.69) is 5.32 Å². The van der Waals surface area contributed by atoms with Crippen LogP contribution in [0.25, 0.3) is 0 Å². The van der Waals surface area contributed by atoms with Crippen molar-refractivity contribution < 1.29 is 27.5 Å². The molecular weight excluding hydrogens is 384 g/mol. The number of amides is 1. The molecule has 1 amide bonds. The molecule has 154 valence electrons. The second kappa shape index (κ2) is 8.48. The first-order valence-corrected chi connectivity index (χ1v) is 10.9. The van der Waals surface area contributed by atoms with Crippen molar-refractivity contribution in [3.63, 3.8) is 0 Å². The predicted molar refractivity (Wildman–Crippen MR) is 102 cm³/mol. The summed E-state index contributed by atoms with van der Waals surface area (Å²) in [6, 6.07) is 4.44. The van der Waals surface area contributed by atoms with Crippen LogP contribution in [0.3, 0.4) is 0 Å². The van der Waals surface area contributed by atoms with Gasteiger partial charge in [0.15, 0.2) is 6.61 Å². The molecule has 0 radical (unpaired) electrons. The first-order valence-electron chi connectivity index (χ1n) is 9.47. The molecule has 28 heavy (non-hydrogen) atoms. The highest BCUT2D eigenvalue weighted by Gasteiger charge is 2.40. The van der Waals surface area contributed by atoms with E-state index in [1.165, 1.54) is 23.5 Å². The number of carbonyl (C=O) groups is 2. The molecule has 1 aliphatic heterocycles. The summed E-state index contributed by atoms with van der Waals surface area (Å²) < 4.78 is 37.7. The van der Waals surface area contributed by atoms with Gasteiger partial charge in [-0.05, 0) is 43.4 Å². The first-order chi connectivity index (χ1) is 13.3. The Labute approximate surface area is 165 Å². The number of hydrogen-bond donors (Lipinski definition) is 1. The normalized spacial score (nSPS) is 22.4. The molecule has 3 rings (SSSR count). The Morgan fingerprint density at radius 2 is 1.89 bits per heavy atom. The second-order valence-electron chi connectivity index (χ2n) is 7.31. The van der Waals surface area contributed by atoms with Gasteiger partial charge in [-0.1, -0.05) is 13.3 Å². The van der Waals surface area contributed by atoms with Crippen molar-refractivity contribution in [2.45, 2.75) is 37.5 Å². The van der Waals surface area contributed by atoms with Gasteiger partial charge in [-0.15, -0.1) is 0 Å². The number of rotatable bonds is 7. The molecule has 0 aromatic heterocycles. The summed E-state index contributed by atoms with van der Waals surface area (Å²) >= 11 is 0. The van der Waals surface area contributed by atoms with Gasteiger partial charge in [-0.3, -0.25) is 9.59 Å². The summed E-state index contributed by atoms with van der Waals surface area (Å²) in [7, 11) is -2.32. The van der Waals surface area contributed by atoms with E-state index in [9.17, 15) is 18.0 Å². The van der Waals surface area contributed by atoms with Crippen molar-refractivity contribution >= 4 is 27.6 Å². The third-order valence-electron chi connectivity index (χ3n) is 5.14. The minimum atomic E-state index is -3.73. The highest BCUT2D eigenvalue weighted by Crippen LogP contribution is 2.38. The van der Waals surface area contributed by atoms with Crippen LogP contribution in [0.5, 0.6) is 5.75 Å². The molecule has 2 fully saturated rings. The van der Waals surface area contributed by atoms with E-state index in [-0.39, 0.29) is 22.5 Å². The molecule has 0 spiro atoms. The standard InChI is InChI=1S/C19H26N2O6S/c1-13-10-15(13)19(23)27-12-18(22)20-14-6-7-16(26-2)17(11-14)28(24,25)21-8-4-3-5-9-21/h6-7,11,13,15H,3-5,8-10,12H2,1-2H3,(H,20,22)/t13-,15-/m0/s1. The molecule has 9 heteroatoms. The average Bonchev–Trinajstić information content (AvgIpc) is 3.43. The summed E-state index contributed by atoms with van der Waals surface area (Å²) in [6.45, 7) is 2.49. The molecule has 0 bridgehead atoms. The number of anilines is 1. The summed E-state index contributed by atoms with van der Waals surface area (Å²) in [5, 5.41) is 2.58. The molecule has 1 aliphatic carbocycles. The van der Waals surface area contributed by atoms with Gasteiger partial charge in [0.1, 0.15) is 10.6 Å². The van der Waals surface area contributed by atoms with E-state index in [0.717, 1.165) is 25.7 Å². The smallest absolute Gasteiger partial charge is 0.309 e. The summed E-state index contributed by atoms with van der Waals surface area (Å²) in [5.74, 6) is -0.480. The fraction of sp³-hybridized carbons (Fsp3) is 0.579. The largest absolute Gasteiger partial charge is 0.495 e. The van der Waals surface area contributed by atoms with Crippen molar-refractivity contribution in [3.8, 4) is 5.75 Å². The highest BCUT2D eigenvalue weighted by atomic mass is 32.2. The topological polar surface area (TPSA) is 102 Å². The zero-order chi connectivity index (χ0) is 20.3. The van der Waals surface area contributed by atoms with Crippen LogP contribution < -0.4 is 10.1 Å². The number of methoxy groups -OCH3 is 1. The minimum absolute atomic E-state index is 0.0125. The van der Waals surface area contributed by atoms with Crippen LogP contribution in [0.15, 0.2) is 23.1 Å². The molecule has 2 aliphatic rings. The lowest BCUT2D eigenvalue weighted by Crippen LogP contribution is -2.35. The molecule has 8 nitrogen and oxygen atoms in total. The lowest BCUT2D eigenvalue weighted by molar-refractivity contribution is -0.148. The van der Waals surface area contributed by atoms with Gasteiger partial charge in [-0.2, -0.15) is 4.31 Å². The molecule has 1 saturated carbocycles. The quantitative estimate of drug-likeness (QED) is 0.690. The van der Waals surface area contributed by atoms with Crippen molar-refractivity contribution in [1.82, 2.24) is 4.31 Å². The third kappa shape index (κ3) is 4.64. The van der Waals surface area contributed by atoms with E-state index >= 15 is 0 Å². The zero-order valence-electron chi connectivity index (χ0n) is 16.1. The van der Waals surface area contributed by atoms with E-state index in [1.807, 2.05) is 6.92 Å². The van der Waals surface area contributed by atoms with Crippen molar-refractivity contribution in [2.75, 3.05) is 32.1 Å². The van der Waals surface area contributed by atoms with E-state index in [1.54, 1.807) is 6.07 Å². The number of ether oxygens (including phenoxy) is 2. The summed E-state index contributed by atoms with van der Waals surface area (Å²) in [5.41, 5.74) is 0.303. The van der Waals surface area contributed by atoms with E-state index in [4.69, 9.17) is 9.47 Å². The SMILES string of the molecule is COc1ccc(NC(=O)COC(=O)[C@H]2C[C@@H]2C)cc1S(=O)(=O)N1CCCCC1. The van der Waals surface area contributed by atoms with Crippen molar-refractivity contribution in [2.24, 2.45) is 11.8 Å². The Balaban J connectivity index is 1.69. The van der Waals surface area contributed by atoms with E-state index < -0.39 is 22.5 Å². The fourth-order valence-electron chi connectivity index (χ4n) is 3.29. The van der Waals surface area contributed by atoms with Gasteiger partial charge < -0.3 is 14.8 Å².